The number of hydrogen-bond donors (Lipinski definition) is 0. The second-order valence-electron chi connectivity index (χ2n) is 6.15. The van der Waals surface area contributed by atoms with Crippen LogP contribution in [0, 0.1) is 11.3 Å². The van der Waals surface area contributed by atoms with E-state index in [1.165, 1.54) is 11.3 Å². The summed E-state index contributed by atoms with van der Waals surface area (Å²) < 4.78 is 0.435. The Morgan fingerprint density at radius 2 is 2.11 bits per heavy atom. The van der Waals surface area contributed by atoms with Crippen molar-refractivity contribution in [1.29, 1.82) is 0 Å². The fraction of sp³-hybridized carbons (Fsp3) is 0.769. The molecule has 2 heterocycles. The molecule has 1 aliphatic heterocycles. The first-order valence-electron chi connectivity index (χ1n) is 6.62. The smallest absolute Gasteiger partial charge is 0.222 e. The lowest BCUT2D eigenvalue weighted by atomic mass is 9.77. The van der Waals surface area contributed by atoms with E-state index in [9.17, 15) is 4.79 Å². The number of aromatic nitrogens is 2. The van der Waals surface area contributed by atoms with Crippen molar-refractivity contribution in [2.45, 2.75) is 46.6 Å². The number of halogens is 1. The molecule has 106 valence electrons. The maximum absolute atomic E-state index is 12.1. The minimum atomic E-state index is 0.220. The Hall–Kier alpha value is -0.680. The predicted molar refractivity (Wildman–Crippen MR) is 77.1 cm³/mol. The predicted octanol–water partition coefficient (Wildman–Crippen LogP) is 3.37. The molecule has 19 heavy (non-hydrogen) atoms. The molecular weight excluding hydrogens is 282 g/mol. The van der Waals surface area contributed by atoms with Gasteiger partial charge >= 0.3 is 0 Å². The largest absolute Gasteiger partial charge is 0.336 e. The van der Waals surface area contributed by atoms with Crippen LogP contribution in [0.3, 0.4) is 0 Å². The van der Waals surface area contributed by atoms with Crippen molar-refractivity contribution in [3.05, 3.63) is 9.47 Å². The zero-order valence-corrected chi connectivity index (χ0v) is 13.2. The van der Waals surface area contributed by atoms with Crippen LogP contribution in [0.25, 0.3) is 0 Å². The number of likely N-dealkylation sites (tertiary alicyclic amines) is 1. The van der Waals surface area contributed by atoms with Crippen molar-refractivity contribution < 1.29 is 4.79 Å². The quantitative estimate of drug-likeness (QED) is 0.841. The summed E-state index contributed by atoms with van der Waals surface area (Å²) in [4.78, 5) is 14.0. The van der Waals surface area contributed by atoms with Gasteiger partial charge in [0.1, 0.15) is 5.01 Å². The molecular formula is C13H20ClN3OS. The van der Waals surface area contributed by atoms with E-state index >= 15 is 0 Å². The monoisotopic (exact) mass is 301 g/mol. The van der Waals surface area contributed by atoms with Gasteiger partial charge in [-0.1, -0.05) is 32.1 Å². The van der Waals surface area contributed by atoms with Gasteiger partial charge < -0.3 is 4.90 Å². The molecule has 2 rings (SSSR count). The van der Waals surface area contributed by atoms with Crippen molar-refractivity contribution in [2.75, 3.05) is 6.54 Å². The molecule has 0 saturated carbocycles. The minimum absolute atomic E-state index is 0.220. The minimum Gasteiger partial charge on any atom is -0.336 e. The molecule has 6 heteroatoms. The number of carbonyl (C=O) groups excluding carboxylic acids is 1. The summed E-state index contributed by atoms with van der Waals surface area (Å²) in [6.07, 6.45) is 2.67. The first-order valence-corrected chi connectivity index (χ1v) is 7.81. The van der Waals surface area contributed by atoms with Crippen LogP contribution in [0.1, 0.15) is 45.0 Å². The van der Waals surface area contributed by atoms with E-state index in [-0.39, 0.29) is 11.3 Å². The zero-order chi connectivity index (χ0) is 14.0. The standard InChI is InChI=1S/C13H20ClN3OS/c1-13(2,3)9-4-5-11(18)17(7-6-9)8-10-15-16-12(14)19-10/h9H,4-8H2,1-3H3. The molecule has 1 fully saturated rings. The van der Waals surface area contributed by atoms with Gasteiger partial charge in [-0.3, -0.25) is 4.79 Å². The zero-order valence-electron chi connectivity index (χ0n) is 11.6. The van der Waals surface area contributed by atoms with Gasteiger partial charge in [0.2, 0.25) is 10.4 Å². The normalized spacial score (nSPS) is 21.6. The lowest BCUT2D eigenvalue weighted by Crippen LogP contribution is -2.30. The molecule has 1 aliphatic rings. The summed E-state index contributed by atoms with van der Waals surface area (Å²) in [6.45, 7) is 8.10. The Bertz CT molecular complexity index is 455. The molecule has 0 spiro atoms. The van der Waals surface area contributed by atoms with Crippen molar-refractivity contribution in [1.82, 2.24) is 15.1 Å². The second-order valence-corrected chi connectivity index (χ2v) is 7.80. The fourth-order valence-electron chi connectivity index (χ4n) is 2.53. The number of rotatable bonds is 2. The Labute approximate surface area is 123 Å². The number of carbonyl (C=O) groups is 1. The van der Waals surface area contributed by atoms with E-state index in [1.54, 1.807) is 0 Å². The lowest BCUT2D eigenvalue weighted by Gasteiger charge is -2.29. The van der Waals surface area contributed by atoms with E-state index in [1.807, 2.05) is 4.90 Å². The molecule has 1 aromatic rings. The van der Waals surface area contributed by atoms with Gasteiger partial charge in [0, 0.05) is 13.0 Å². The summed E-state index contributed by atoms with van der Waals surface area (Å²) in [5.41, 5.74) is 0.266. The summed E-state index contributed by atoms with van der Waals surface area (Å²) in [5, 5.41) is 8.58. The summed E-state index contributed by atoms with van der Waals surface area (Å²) in [7, 11) is 0. The van der Waals surface area contributed by atoms with Gasteiger partial charge in [-0.2, -0.15) is 0 Å². The summed E-state index contributed by atoms with van der Waals surface area (Å²) in [6, 6.07) is 0. The average Bonchev–Trinajstić information content (AvgIpc) is 2.61. The lowest BCUT2D eigenvalue weighted by molar-refractivity contribution is -0.131. The highest BCUT2D eigenvalue weighted by molar-refractivity contribution is 7.15. The Morgan fingerprint density at radius 1 is 1.37 bits per heavy atom. The number of amides is 1. The van der Waals surface area contributed by atoms with E-state index < -0.39 is 0 Å². The van der Waals surface area contributed by atoms with E-state index in [4.69, 9.17) is 11.6 Å². The molecule has 4 nitrogen and oxygen atoms in total. The first-order chi connectivity index (χ1) is 8.86. The Morgan fingerprint density at radius 3 is 2.68 bits per heavy atom. The van der Waals surface area contributed by atoms with Gasteiger partial charge in [0.05, 0.1) is 6.54 Å². The fourth-order valence-corrected chi connectivity index (χ4v) is 3.41. The SMILES string of the molecule is CC(C)(C)C1CCC(=O)N(Cc2nnc(Cl)s2)CC1. The van der Waals surface area contributed by atoms with Crippen molar-refractivity contribution >= 4 is 28.8 Å². The van der Waals surface area contributed by atoms with Crippen LogP contribution in [0.4, 0.5) is 0 Å². The van der Waals surface area contributed by atoms with Gasteiger partial charge in [0.15, 0.2) is 0 Å². The van der Waals surface area contributed by atoms with Crippen molar-refractivity contribution in [3.8, 4) is 0 Å². The van der Waals surface area contributed by atoms with E-state index in [0.717, 1.165) is 24.4 Å². The first kappa shape index (κ1) is 14.7. The third-order valence-corrected chi connectivity index (χ3v) is 4.80. The van der Waals surface area contributed by atoms with Crippen LogP contribution in [-0.2, 0) is 11.3 Å². The van der Waals surface area contributed by atoms with E-state index in [0.29, 0.717) is 23.4 Å². The molecule has 1 unspecified atom stereocenters. The van der Waals surface area contributed by atoms with E-state index in [2.05, 4.69) is 31.0 Å². The molecule has 0 aromatic carbocycles. The Kier molecular flexibility index (Phi) is 4.46. The van der Waals surface area contributed by atoms with Gasteiger partial charge in [0.25, 0.3) is 0 Å². The number of hydrogen-bond acceptors (Lipinski definition) is 4. The van der Waals surface area contributed by atoms with Crippen LogP contribution in [-0.4, -0.2) is 27.5 Å². The summed E-state index contributed by atoms with van der Waals surface area (Å²) >= 11 is 7.12. The third-order valence-electron chi connectivity index (χ3n) is 3.80. The van der Waals surface area contributed by atoms with Gasteiger partial charge in [-0.05, 0) is 35.8 Å². The molecule has 0 radical (unpaired) electrons. The van der Waals surface area contributed by atoms with Gasteiger partial charge in [-0.15, -0.1) is 10.2 Å². The highest BCUT2D eigenvalue weighted by atomic mass is 35.5. The Balaban J connectivity index is 2.00. The van der Waals surface area contributed by atoms with Crippen molar-refractivity contribution in [3.63, 3.8) is 0 Å². The van der Waals surface area contributed by atoms with Crippen LogP contribution >= 0.6 is 22.9 Å². The summed E-state index contributed by atoms with van der Waals surface area (Å²) in [5.74, 6) is 0.817. The third kappa shape index (κ3) is 3.89. The molecule has 1 amide bonds. The maximum atomic E-state index is 12.1. The van der Waals surface area contributed by atoms with Crippen LogP contribution in [0.5, 0.6) is 0 Å². The van der Waals surface area contributed by atoms with Gasteiger partial charge in [-0.25, -0.2) is 0 Å². The molecule has 0 aliphatic carbocycles. The molecule has 0 N–H and O–H groups in total. The molecule has 1 aromatic heterocycles. The van der Waals surface area contributed by atoms with Crippen LogP contribution in [0.2, 0.25) is 4.47 Å². The molecule has 0 bridgehead atoms. The molecule has 1 saturated heterocycles. The van der Waals surface area contributed by atoms with Crippen LogP contribution < -0.4 is 0 Å². The van der Waals surface area contributed by atoms with Crippen molar-refractivity contribution in [2.24, 2.45) is 11.3 Å². The van der Waals surface area contributed by atoms with Crippen LogP contribution in [0.15, 0.2) is 0 Å². The molecule has 1 atom stereocenters. The highest BCUT2D eigenvalue weighted by Crippen LogP contribution is 2.34. The topological polar surface area (TPSA) is 46.1 Å². The second kappa shape index (κ2) is 5.75. The highest BCUT2D eigenvalue weighted by Gasteiger charge is 2.30. The maximum Gasteiger partial charge on any atom is 0.222 e. The number of nitrogens with zero attached hydrogens (tertiary/aromatic N) is 3. The average molecular weight is 302 g/mol.